The zero-order valence-electron chi connectivity index (χ0n) is 8.22. The maximum atomic E-state index is 11.8. The SMILES string of the molecule is O=C(c1ccncc1O)N1CCCCO1. The molecule has 0 spiro atoms. The second-order valence-electron chi connectivity index (χ2n) is 3.34. The lowest BCUT2D eigenvalue weighted by atomic mass is 10.2. The summed E-state index contributed by atoms with van der Waals surface area (Å²) in [7, 11) is 0. The smallest absolute Gasteiger partial charge is 0.281 e. The molecule has 1 fully saturated rings. The summed E-state index contributed by atoms with van der Waals surface area (Å²) in [5.41, 5.74) is 0.229. The topological polar surface area (TPSA) is 62.7 Å². The highest BCUT2D eigenvalue weighted by Gasteiger charge is 2.21. The van der Waals surface area contributed by atoms with E-state index < -0.39 is 0 Å². The third kappa shape index (κ3) is 2.07. The van der Waals surface area contributed by atoms with Crippen LogP contribution in [0.15, 0.2) is 18.5 Å². The van der Waals surface area contributed by atoms with Crippen LogP contribution in [0.5, 0.6) is 5.75 Å². The van der Waals surface area contributed by atoms with E-state index >= 15 is 0 Å². The highest BCUT2D eigenvalue weighted by molar-refractivity contribution is 5.95. The molecule has 2 rings (SSSR count). The molecule has 1 amide bonds. The van der Waals surface area contributed by atoms with Crippen LogP contribution in [-0.4, -0.2) is 34.2 Å². The molecule has 1 saturated heterocycles. The van der Waals surface area contributed by atoms with Gasteiger partial charge in [0.1, 0.15) is 5.75 Å². The van der Waals surface area contributed by atoms with Crippen molar-refractivity contribution < 1.29 is 14.7 Å². The van der Waals surface area contributed by atoms with E-state index in [-0.39, 0.29) is 17.2 Å². The Balaban J connectivity index is 2.16. The summed E-state index contributed by atoms with van der Waals surface area (Å²) in [5.74, 6) is -0.425. The number of nitrogens with zero attached hydrogens (tertiary/aromatic N) is 2. The first-order chi connectivity index (χ1) is 7.29. The Kier molecular flexibility index (Phi) is 2.82. The van der Waals surface area contributed by atoms with E-state index in [9.17, 15) is 9.90 Å². The molecule has 1 aliphatic rings. The quantitative estimate of drug-likeness (QED) is 0.746. The fourth-order valence-corrected chi connectivity index (χ4v) is 1.46. The van der Waals surface area contributed by atoms with Gasteiger partial charge in [-0.3, -0.25) is 14.6 Å². The van der Waals surface area contributed by atoms with Gasteiger partial charge in [-0.15, -0.1) is 0 Å². The summed E-state index contributed by atoms with van der Waals surface area (Å²) < 4.78 is 0. The van der Waals surface area contributed by atoms with Gasteiger partial charge in [-0.1, -0.05) is 0 Å². The number of aromatic hydroxyl groups is 1. The number of rotatable bonds is 1. The number of carbonyl (C=O) groups excluding carboxylic acids is 1. The van der Waals surface area contributed by atoms with E-state index in [4.69, 9.17) is 4.84 Å². The number of aromatic nitrogens is 1. The maximum absolute atomic E-state index is 11.8. The average molecular weight is 208 g/mol. The molecule has 5 nitrogen and oxygen atoms in total. The molecule has 0 saturated carbocycles. The van der Waals surface area contributed by atoms with Crippen molar-refractivity contribution in [3.8, 4) is 5.75 Å². The molecule has 2 heterocycles. The van der Waals surface area contributed by atoms with Crippen molar-refractivity contribution in [2.24, 2.45) is 0 Å². The Hall–Kier alpha value is -1.62. The van der Waals surface area contributed by atoms with Gasteiger partial charge in [0.2, 0.25) is 0 Å². The summed E-state index contributed by atoms with van der Waals surface area (Å²) in [5, 5.41) is 10.7. The van der Waals surface area contributed by atoms with Crippen LogP contribution < -0.4 is 0 Å². The molecule has 15 heavy (non-hydrogen) atoms. The van der Waals surface area contributed by atoms with Crippen molar-refractivity contribution in [1.82, 2.24) is 10.0 Å². The standard InChI is InChI=1S/C10H12N2O3/c13-9-7-11-4-3-8(9)10(14)12-5-1-2-6-15-12/h3-4,7,13H,1-2,5-6H2. The number of amides is 1. The molecule has 0 aromatic carbocycles. The molecule has 0 unspecified atom stereocenters. The van der Waals surface area contributed by atoms with Crippen molar-refractivity contribution in [2.45, 2.75) is 12.8 Å². The Labute approximate surface area is 87.3 Å². The number of hydroxylamine groups is 2. The number of pyridine rings is 1. The van der Waals surface area contributed by atoms with Gasteiger partial charge >= 0.3 is 0 Å². The summed E-state index contributed by atoms with van der Waals surface area (Å²) in [6.45, 7) is 1.12. The fraction of sp³-hybridized carbons (Fsp3) is 0.400. The Bertz CT molecular complexity index is 361. The highest BCUT2D eigenvalue weighted by atomic mass is 16.7. The van der Waals surface area contributed by atoms with Crippen LogP contribution >= 0.6 is 0 Å². The molecule has 0 radical (unpaired) electrons. The van der Waals surface area contributed by atoms with Gasteiger partial charge in [0.25, 0.3) is 5.91 Å². The van der Waals surface area contributed by atoms with Crippen LogP contribution in [0.4, 0.5) is 0 Å². The zero-order chi connectivity index (χ0) is 10.7. The Morgan fingerprint density at radius 2 is 2.40 bits per heavy atom. The average Bonchev–Trinajstić information content (AvgIpc) is 2.30. The summed E-state index contributed by atoms with van der Waals surface area (Å²) >= 11 is 0. The van der Waals surface area contributed by atoms with Gasteiger partial charge in [-0.05, 0) is 18.9 Å². The lowest BCUT2D eigenvalue weighted by molar-refractivity contribution is -0.144. The minimum absolute atomic E-state index is 0.114. The van der Waals surface area contributed by atoms with Gasteiger partial charge in [-0.25, -0.2) is 5.06 Å². The van der Waals surface area contributed by atoms with E-state index in [1.165, 1.54) is 23.5 Å². The van der Waals surface area contributed by atoms with E-state index in [1.807, 2.05) is 0 Å². The van der Waals surface area contributed by atoms with E-state index in [0.717, 1.165) is 12.8 Å². The van der Waals surface area contributed by atoms with Gasteiger partial charge in [0.15, 0.2) is 0 Å². The molecule has 0 aliphatic carbocycles. The zero-order valence-corrected chi connectivity index (χ0v) is 8.22. The number of carbonyl (C=O) groups is 1. The largest absolute Gasteiger partial charge is 0.505 e. The van der Waals surface area contributed by atoms with Crippen molar-refractivity contribution in [2.75, 3.05) is 13.2 Å². The predicted octanol–water partition coefficient (Wildman–Crippen LogP) is 0.955. The molecule has 5 heteroatoms. The van der Waals surface area contributed by atoms with Crippen LogP contribution in [0.1, 0.15) is 23.2 Å². The summed E-state index contributed by atoms with van der Waals surface area (Å²) in [6, 6.07) is 1.48. The summed E-state index contributed by atoms with van der Waals surface area (Å²) in [6.07, 6.45) is 4.61. The Morgan fingerprint density at radius 1 is 1.53 bits per heavy atom. The minimum atomic E-state index is -0.311. The normalized spacial score (nSPS) is 16.4. The van der Waals surface area contributed by atoms with Gasteiger partial charge in [0, 0.05) is 12.7 Å². The van der Waals surface area contributed by atoms with Crippen LogP contribution in [0.3, 0.4) is 0 Å². The third-order valence-electron chi connectivity index (χ3n) is 2.26. The third-order valence-corrected chi connectivity index (χ3v) is 2.26. The fourth-order valence-electron chi connectivity index (χ4n) is 1.46. The van der Waals surface area contributed by atoms with Gasteiger partial charge in [0.05, 0.1) is 18.4 Å². The molecular weight excluding hydrogens is 196 g/mol. The minimum Gasteiger partial charge on any atom is -0.505 e. The van der Waals surface area contributed by atoms with E-state index in [2.05, 4.69) is 4.98 Å². The first kappa shape index (κ1) is 9.92. The first-order valence-corrected chi connectivity index (χ1v) is 4.87. The van der Waals surface area contributed by atoms with Crippen LogP contribution in [0, 0.1) is 0 Å². The van der Waals surface area contributed by atoms with Gasteiger partial charge in [-0.2, -0.15) is 0 Å². The van der Waals surface area contributed by atoms with Crippen LogP contribution in [0.2, 0.25) is 0 Å². The van der Waals surface area contributed by atoms with Crippen LogP contribution in [-0.2, 0) is 4.84 Å². The van der Waals surface area contributed by atoms with E-state index in [0.29, 0.717) is 13.2 Å². The lowest BCUT2D eigenvalue weighted by Gasteiger charge is -2.25. The molecule has 1 aliphatic heterocycles. The van der Waals surface area contributed by atoms with Crippen molar-refractivity contribution >= 4 is 5.91 Å². The van der Waals surface area contributed by atoms with E-state index in [1.54, 1.807) is 0 Å². The monoisotopic (exact) mass is 208 g/mol. The van der Waals surface area contributed by atoms with Gasteiger partial charge < -0.3 is 5.11 Å². The lowest BCUT2D eigenvalue weighted by Crippen LogP contribution is -2.35. The molecule has 80 valence electrons. The molecule has 1 aromatic heterocycles. The second kappa shape index (κ2) is 4.27. The van der Waals surface area contributed by atoms with Crippen molar-refractivity contribution in [3.05, 3.63) is 24.0 Å². The highest BCUT2D eigenvalue weighted by Crippen LogP contribution is 2.18. The summed E-state index contributed by atoms with van der Waals surface area (Å²) in [4.78, 5) is 20.7. The molecule has 1 aromatic rings. The first-order valence-electron chi connectivity index (χ1n) is 4.87. The van der Waals surface area contributed by atoms with Crippen LogP contribution in [0.25, 0.3) is 0 Å². The van der Waals surface area contributed by atoms with Crippen molar-refractivity contribution in [1.29, 1.82) is 0 Å². The molecule has 0 bridgehead atoms. The maximum Gasteiger partial charge on any atom is 0.281 e. The number of hydrogen-bond acceptors (Lipinski definition) is 4. The molecular formula is C10H12N2O3. The van der Waals surface area contributed by atoms with Crippen molar-refractivity contribution in [3.63, 3.8) is 0 Å². The molecule has 0 atom stereocenters. The Morgan fingerprint density at radius 3 is 3.07 bits per heavy atom. The predicted molar refractivity (Wildman–Crippen MR) is 52.1 cm³/mol. The molecule has 1 N–H and O–H groups in total. The number of hydrogen-bond donors (Lipinski definition) is 1. The second-order valence-corrected chi connectivity index (χ2v) is 3.34.